The molecule has 160 valence electrons. The molecule has 7 rings (SSSR count). The molecule has 4 fully saturated rings. The monoisotopic (exact) mass is 413 g/mol. The summed E-state index contributed by atoms with van der Waals surface area (Å²) in [6.45, 7) is 2.10. The molecular weight excluding hydrogens is 382 g/mol. The van der Waals surface area contributed by atoms with Crippen LogP contribution in [0.5, 0.6) is 0 Å². The zero-order valence-electron chi connectivity index (χ0n) is 18.5. The highest BCUT2D eigenvalue weighted by Crippen LogP contribution is 2.67. The molecule has 0 saturated heterocycles. The average Bonchev–Trinajstić information content (AvgIpc) is 2.99. The summed E-state index contributed by atoms with van der Waals surface area (Å²) in [7, 11) is 1.78. The second-order valence-electron chi connectivity index (χ2n) is 10.7. The molecule has 0 radical (unpaired) electrons. The highest BCUT2D eigenvalue weighted by Gasteiger charge is 2.67. The number of nitrogens with zero attached hydrogens (tertiary/aromatic N) is 2. The second-order valence-corrected chi connectivity index (χ2v) is 10.7. The minimum Gasteiger partial charge on any atom is -0.369 e. The Morgan fingerprint density at radius 3 is 2.10 bits per heavy atom. The zero-order chi connectivity index (χ0) is 21.4. The van der Waals surface area contributed by atoms with E-state index in [1.807, 2.05) is 0 Å². The molecule has 4 nitrogen and oxygen atoms in total. The van der Waals surface area contributed by atoms with Crippen LogP contribution in [-0.4, -0.2) is 23.8 Å². The van der Waals surface area contributed by atoms with Crippen LogP contribution in [-0.2, 0) is 10.3 Å². The topological polar surface area (TPSA) is 58.7 Å². The van der Waals surface area contributed by atoms with Crippen LogP contribution in [0.25, 0.3) is 11.1 Å². The Bertz CT molecular complexity index is 1050. The van der Waals surface area contributed by atoms with Crippen molar-refractivity contribution >= 4 is 11.9 Å². The fourth-order valence-corrected chi connectivity index (χ4v) is 7.70. The molecule has 4 bridgehead atoms. The van der Waals surface area contributed by atoms with Gasteiger partial charge in [-0.25, -0.2) is 4.99 Å². The Kier molecular flexibility index (Phi) is 3.97. The van der Waals surface area contributed by atoms with Crippen molar-refractivity contribution in [2.75, 3.05) is 7.05 Å². The smallest absolute Gasteiger partial charge is 0.262 e. The van der Waals surface area contributed by atoms with Gasteiger partial charge < -0.3 is 5.73 Å². The molecular formula is C27H31N3O. The van der Waals surface area contributed by atoms with Gasteiger partial charge >= 0.3 is 0 Å². The molecule has 2 N–H and O–H groups in total. The molecule has 1 aliphatic heterocycles. The number of carbonyl (C=O) groups excluding carboxylic acids is 1. The maximum atomic E-state index is 14.0. The number of carbonyl (C=O) groups is 1. The summed E-state index contributed by atoms with van der Waals surface area (Å²) in [6, 6.07) is 17.1. The fourth-order valence-electron chi connectivity index (χ4n) is 7.70. The Morgan fingerprint density at radius 1 is 0.935 bits per heavy atom. The second kappa shape index (κ2) is 6.44. The fraction of sp³-hybridized carbons (Fsp3) is 0.481. The van der Waals surface area contributed by atoms with Gasteiger partial charge in [-0.2, -0.15) is 0 Å². The minimum atomic E-state index is -0.886. The molecule has 1 heterocycles. The molecule has 2 aromatic rings. The number of hydrogen-bond donors (Lipinski definition) is 1. The third-order valence-corrected chi connectivity index (χ3v) is 8.71. The molecule has 4 heteroatoms. The lowest BCUT2D eigenvalue weighted by Crippen LogP contribution is -2.59. The molecule has 0 spiro atoms. The Morgan fingerprint density at radius 2 is 1.55 bits per heavy atom. The average molecular weight is 414 g/mol. The van der Waals surface area contributed by atoms with Gasteiger partial charge in [0, 0.05) is 12.5 Å². The lowest BCUT2D eigenvalue weighted by atomic mass is 9.43. The lowest BCUT2D eigenvalue weighted by Gasteiger charge is -2.61. The minimum absolute atomic E-state index is 0.0630. The first kappa shape index (κ1) is 19.1. The van der Waals surface area contributed by atoms with E-state index in [9.17, 15) is 4.79 Å². The first-order chi connectivity index (χ1) is 14.9. The molecule has 0 aromatic heterocycles. The predicted octanol–water partition coefficient (Wildman–Crippen LogP) is 4.86. The molecule has 1 atom stereocenters. The van der Waals surface area contributed by atoms with Crippen LogP contribution in [0.1, 0.15) is 49.7 Å². The summed E-state index contributed by atoms with van der Waals surface area (Å²) in [4.78, 5) is 20.6. The van der Waals surface area contributed by atoms with Crippen molar-refractivity contribution in [1.82, 2.24) is 4.90 Å². The quantitative estimate of drug-likeness (QED) is 0.781. The van der Waals surface area contributed by atoms with E-state index in [1.165, 1.54) is 30.4 Å². The lowest BCUT2D eigenvalue weighted by molar-refractivity contribution is -0.149. The molecule has 4 aliphatic carbocycles. The van der Waals surface area contributed by atoms with E-state index in [-0.39, 0.29) is 11.3 Å². The van der Waals surface area contributed by atoms with Crippen molar-refractivity contribution in [3.63, 3.8) is 0 Å². The van der Waals surface area contributed by atoms with Crippen LogP contribution in [0.15, 0.2) is 53.5 Å². The van der Waals surface area contributed by atoms with Crippen LogP contribution in [0.3, 0.4) is 0 Å². The predicted molar refractivity (Wildman–Crippen MR) is 123 cm³/mol. The third kappa shape index (κ3) is 2.60. The van der Waals surface area contributed by atoms with Gasteiger partial charge in [0.25, 0.3) is 5.91 Å². The van der Waals surface area contributed by atoms with E-state index in [0.717, 1.165) is 48.1 Å². The number of hydrogen-bond acceptors (Lipinski definition) is 3. The molecule has 2 aromatic carbocycles. The van der Waals surface area contributed by atoms with Gasteiger partial charge in [0.05, 0.1) is 0 Å². The van der Waals surface area contributed by atoms with Crippen LogP contribution >= 0.6 is 0 Å². The van der Waals surface area contributed by atoms with Crippen LogP contribution < -0.4 is 5.73 Å². The summed E-state index contributed by atoms with van der Waals surface area (Å²) < 4.78 is 0. The SMILES string of the molecule is Cc1ccc(-c2cccc(C3(C45CC6CC(CC(C6)C4)C5)N=C(N)N(C)C3=O)c2)cc1. The van der Waals surface area contributed by atoms with E-state index in [2.05, 4.69) is 55.5 Å². The highest BCUT2D eigenvalue weighted by molar-refractivity contribution is 6.07. The van der Waals surface area contributed by atoms with Gasteiger partial charge in [-0.3, -0.25) is 9.69 Å². The largest absolute Gasteiger partial charge is 0.369 e. The van der Waals surface area contributed by atoms with E-state index in [1.54, 1.807) is 11.9 Å². The first-order valence-electron chi connectivity index (χ1n) is 11.7. The molecule has 1 amide bonds. The summed E-state index contributed by atoms with van der Waals surface area (Å²) in [5, 5.41) is 0. The number of nitrogens with two attached hydrogens (primary N) is 1. The summed E-state index contributed by atoms with van der Waals surface area (Å²) in [5.74, 6) is 2.63. The van der Waals surface area contributed by atoms with Crippen LogP contribution in [0.4, 0.5) is 0 Å². The maximum Gasteiger partial charge on any atom is 0.262 e. The van der Waals surface area contributed by atoms with Crippen LogP contribution in [0.2, 0.25) is 0 Å². The van der Waals surface area contributed by atoms with Gasteiger partial charge in [-0.15, -0.1) is 0 Å². The summed E-state index contributed by atoms with van der Waals surface area (Å²) >= 11 is 0. The van der Waals surface area contributed by atoms with E-state index in [4.69, 9.17) is 10.7 Å². The van der Waals surface area contributed by atoms with Gasteiger partial charge in [0.2, 0.25) is 0 Å². The van der Waals surface area contributed by atoms with Crippen LogP contribution in [0, 0.1) is 30.1 Å². The van der Waals surface area contributed by atoms with Gasteiger partial charge in [-0.1, -0.05) is 48.0 Å². The molecule has 1 unspecified atom stereocenters. The van der Waals surface area contributed by atoms with Crippen molar-refractivity contribution in [3.05, 3.63) is 59.7 Å². The molecule has 5 aliphatic rings. The van der Waals surface area contributed by atoms with Crippen molar-refractivity contribution in [2.45, 2.75) is 51.0 Å². The van der Waals surface area contributed by atoms with Gasteiger partial charge in [0.1, 0.15) is 0 Å². The van der Waals surface area contributed by atoms with Gasteiger partial charge in [-0.05, 0) is 86.0 Å². The van der Waals surface area contributed by atoms with Crippen molar-refractivity contribution in [1.29, 1.82) is 0 Å². The number of guanidine groups is 1. The highest BCUT2D eigenvalue weighted by atomic mass is 16.2. The maximum absolute atomic E-state index is 14.0. The number of amides is 1. The number of benzene rings is 2. The Labute approximate surface area is 184 Å². The first-order valence-corrected chi connectivity index (χ1v) is 11.7. The number of likely N-dealkylation sites (N-methyl/N-ethyl adjacent to an activating group) is 1. The number of rotatable bonds is 3. The Balaban J connectivity index is 1.53. The Hall–Kier alpha value is -2.62. The number of aliphatic imine (C=N–C) groups is 1. The normalized spacial score (nSPS) is 36.2. The van der Waals surface area contributed by atoms with E-state index >= 15 is 0 Å². The van der Waals surface area contributed by atoms with Crippen molar-refractivity contribution in [2.24, 2.45) is 33.9 Å². The van der Waals surface area contributed by atoms with Crippen molar-refractivity contribution < 1.29 is 4.79 Å². The molecule has 4 saturated carbocycles. The van der Waals surface area contributed by atoms with E-state index < -0.39 is 5.54 Å². The molecule has 31 heavy (non-hydrogen) atoms. The third-order valence-electron chi connectivity index (χ3n) is 8.71. The van der Waals surface area contributed by atoms with E-state index in [0.29, 0.717) is 5.96 Å². The number of aryl methyl sites for hydroxylation is 1. The standard InChI is InChI=1S/C27H31N3O/c1-17-6-8-21(9-7-17)22-4-3-5-23(13-22)27(24(31)30(2)25(28)29-27)26-14-18-10-19(15-26)12-20(11-18)16-26/h3-9,13,18-20H,10-12,14-16H2,1-2H3,(H2,28,29). The van der Waals surface area contributed by atoms with Crippen molar-refractivity contribution in [3.8, 4) is 11.1 Å². The summed E-state index contributed by atoms with van der Waals surface area (Å²) in [5.41, 5.74) is 9.89. The van der Waals surface area contributed by atoms with Gasteiger partial charge in [0.15, 0.2) is 11.5 Å². The zero-order valence-corrected chi connectivity index (χ0v) is 18.5. The summed E-state index contributed by atoms with van der Waals surface area (Å²) in [6.07, 6.45) is 7.31.